The predicted molar refractivity (Wildman–Crippen MR) is 107 cm³/mol. The van der Waals surface area contributed by atoms with Gasteiger partial charge < -0.3 is 15.4 Å². The second-order valence-corrected chi connectivity index (χ2v) is 7.03. The van der Waals surface area contributed by atoms with Gasteiger partial charge in [-0.1, -0.05) is 31.4 Å². The Morgan fingerprint density at radius 3 is 2.48 bits per heavy atom. The Hall–Kier alpha value is -0.300. The lowest BCUT2D eigenvalue weighted by Gasteiger charge is -2.58. The van der Waals surface area contributed by atoms with Crippen LogP contribution in [0, 0.1) is 5.41 Å². The number of hydrogen-bond acceptors (Lipinski definition) is 2. The van der Waals surface area contributed by atoms with Gasteiger partial charge in [0.1, 0.15) is 0 Å². The number of ether oxygens (including phenoxy) is 1. The van der Waals surface area contributed by atoms with E-state index in [1.54, 1.807) is 0 Å². The van der Waals surface area contributed by atoms with E-state index < -0.39 is 0 Å². The molecule has 2 saturated carbocycles. The second-order valence-electron chi connectivity index (χ2n) is 7.03. The van der Waals surface area contributed by atoms with Gasteiger partial charge in [0.2, 0.25) is 0 Å². The summed E-state index contributed by atoms with van der Waals surface area (Å²) in [6.45, 7) is 2.95. The summed E-state index contributed by atoms with van der Waals surface area (Å²) in [5.41, 5.74) is 0.347. The summed E-state index contributed by atoms with van der Waals surface area (Å²) in [5, 5.41) is 7.28. The van der Waals surface area contributed by atoms with Crippen LogP contribution < -0.4 is 10.6 Å². The van der Waals surface area contributed by atoms with E-state index in [2.05, 4.69) is 34.7 Å². The molecule has 0 radical (unpaired) electrons. The monoisotopic (exact) mass is 433 g/mol. The zero-order chi connectivity index (χ0) is 15.4. The van der Waals surface area contributed by atoms with Crippen LogP contribution in [0.15, 0.2) is 17.1 Å². The quantitative estimate of drug-likeness (QED) is 0.308. The molecule has 23 heavy (non-hydrogen) atoms. The SMILES string of the molecule is CCOC1CC(NC(=NC)NC2CC=CC2)C12CCCCC2.I. The van der Waals surface area contributed by atoms with Gasteiger partial charge in [0.15, 0.2) is 5.96 Å². The van der Waals surface area contributed by atoms with E-state index in [4.69, 9.17) is 4.74 Å². The summed E-state index contributed by atoms with van der Waals surface area (Å²) >= 11 is 0. The third kappa shape index (κ3) is 4.03. The van der Waals surface area contributed by atoms with Crippen molar-refractivity contribution in [1.29, 1.82) is 0 Å². The van der Waals surface area contributed by atoms with Gasteiger partial charge in [0, 0.05) is 31.2 Å². The van der Waals surface area contributed by atoms with Crippen LogP contribution in [0.4, 0.5) is 0 Å². The highest BCUT2D eigenvalue weighted by atomic mass is 127. The molecule has 3 aliphatic carbocycles. The average Bonchev–Trinajstić information content (AvgIpc) is 3.06. The van der Waals surface area contributed by atoms with Crippen molar-refractivity contribution >= 4 is 29.9 Å². The zero-order valence-corrected chi connectivity index (χ0v) is 16.8. The van der Waals surface area contributed by atoms with Crippen molar-refractivity contribution in [2.75, 3.05) is 13.7 Å². The third-order valence-electron chi connectivity index (χ3n) is 5.82. The summed E-state index contributed by atoms with van der Waals surface area (Å²) in [4.78, 5) is 4.45. The summed E-state index contributed by atoms with van der Waals surface area (Å²) < 4.78 is 6.04. The first-order chi connectivity index (χ1) is 10.8. The summed E-state index contributed by atoms with van der Waals surface area (Å²) in [6, 6.07) is 1.03. The van der Waals surface area contributed by atoms with Crippen molar-refractivity contribution in [3.63, 3.8) is 0 Å². The highest BCUT2D eigenvalue weighted by Crippen LogP contribution is 2.53. The van der Waals surface area contributed by atoms with E-state index in [0.29, 0.717) is 23.6 Å². The first-order valence-electron chi connectivity index (χ1n) is 9.05. The lowest BCUT2D eigenvalue weighted by molar-refractivity contribution is -0.145. The molecule has 0 heterocycles. The summed E-state index contributed by atoms with van der Waals surface area (Å²) in [6.07, 6.45) is 15.0. The molecule has 132 valence electrons. The van der Waals surface area contributed by atoms with E-state index >= 15 is 0 Å². The Labute approximate surface area is 157 Å². The van der Waals surface area contributed by atoms with E-state index in [0.717, 1.165) is 31.8 Å². The molecule has 5 heteroatoms. The predicted octanol–water partition coefficient (Wildman–Crippen LogP) is 3.62. The van der Waals surface area contributed by atoms with Crippen molar-refractivity contribution in [2.24, 2.45) is 10.4 Å². The van der Waals surface area contributed by atoms with Crippen molar-refractivity contribution in [3.8, 4) is 0 Å². The fourth-order valence-electron chi connectivity index (χ4n) is 4.53. The third-order valence-corrected chi connectivity index (χ3v) is 5.82. The van der Waals surface area contributed by atoms with Crippen LogP contribution in [-0.2, 0) is 4.74 Å². The molecule has 0 saturated heterocycles. The molecular formula is C18H32IN3O. The fourth-order valence-corrected chi connectivity index (χ4v) is 4.53. The largest absolute Gasteiger partial charge is 0.378 e. The van der Waals surface area contributed by atoms with Crippen LogP contribution in [0.1, 0.15) is 58.3 Å². The molecular weight excluding hydrogens is 401 g/mol. The number of aliphatic imine (C=N–C) groups is 1. The maximum atomic E-state index is 6.04. The maximum absolute atomic E-state index is 6.04. The smallest absolute Gasteiger partial charge is 0.191 e. The minimum atomic E-state index is 0. The number of halogens is 1. The minimum absolute atomic E-state index is 0. The molecule has 1 spiro atoms. The maximum Gasteiger partial charge on any atom is 0.191 e. The Morgan fingerprint density at radius 2 is 1.87 bits per heavy atom. The van der Waals surface area contributed by atoms with E-state index in [9.17, 15) is 0 Å². The van der Waals surface area contributed by atoms with Gasteiger partial charge in [-0.15, -0.1) is 24.0 Å². The van der Waals surface area contributed by atoms with Crippen LogP contribution in [-0.4, -0.2) is 37.8 Å². The summed E-state index contributed by atoms with van der Waals surface area (Å²) in [5.74, 6) is 0.971. The van der Waals surface area contributed by atoms with Gasteiger partial charge in [-0.05, 0) is 39.0 Å². The van der Waals surface area contributed by atoms with Crippen molar-refractivity contribution in [3.05, 3.63) is 12.2 Å². The van der Waals surface area contributed by atoms with Crippen LogP contribution in [0.5, 0.6) is 0 Å². The number of hydrogen-bond donors (Lipinski definition) is 2. The molecule has 0 aromatic heterocycles. The van der Waals surface area contributed by atoms with Gasteiger partial charge >= 0.3 is 0 Å². The molecule has 0 aromatic rings. The highest BCUT2D eigenvalue weighted by Gasteiger charge is 2.55. The topological polar surface area (TPSA) is 45.6 Å². The van der Waals surface area contributed by atoms with Crippen LogP contribution in [0.25, 0.3) is 0 Å². The number of guanidine groups is 1. The van der Waals surface area contributed by atoms with E-state index in [1.807, 2.05) is 7.05 Å². The molecule has 0 amide bonds. The lowest BCUT2D eigenvalue weighted by atomic mass is 9.55. The van der Waals surface area contributed by atoms with Crippen LogP contribution in [0.2, 0.25) is 0 Å². The molecule has 2 atom stereocenters. The lowest BCUT2D eigenvalue weighted by Crippen LogP contribution is -2.66. The molecule has 2 unspecified atom stereocenters. The normalized spacial score (nSPS) is 29.9. The van der Waals surface area contributed by atoms with Crippen molar-refractivity contribution in [2.45, 2.75) is 76.5 Å². The number of nitrogens with one attached hydrogen (secondary N) is 2. The first-order valence-corrected chi connectivity index (χ1v) is 9.05. The van der Waals surface area contributed by atoms with Gasteiger partial charge in [0.25, 0.3) is 0 Å². The first kappa shape index (κ1) is 19.0. The minimum Gasteiger partial charge on any atom is -0.378 e. The van der Waals surface area contributed by atoms with Gasteiger partial charge in [-0.2, -0.15) is 0 Å². The number of rotatable bonds is 4. The van der Waals surface area contributed by atoms with Gasteiger partial charge in [-0.25, -0.2) is 0 Å². The highest BCUT2D eigenvalue weighted by molar-refractivity contribution is 14.0. The Kier molecular flexibility index (Phi) is 7.19. The second kappa shape index (κ2) is 8.70. The molecule has 3 aliphatic rings. The molecule has 2 N–H and O–H groups in total. The molecule has 0 aromatic carbocycles. The van der Waals surface area contributed by atoms with E-state index in [-0.39, 0.29) is 24.0 Å². The molecule has 2 fully saturated rings. The fraction of sp³-hybridized carbons (Fsp3) is 0.833. The summed E-state index contributed by atoms with van der Waals surface area (Å²) in [7, 11) is 1.88. The molecule has 4 nitrogen and oxygen atoms in total. The Morgan fingerprint density at radius 1 is 1.17 bits per heavy atom. The average molecular weight is 433 g/mol. The molecule has 3 rings (SSSR count). The van der Waals surface area contributed by atoms with Crippen molar-refractivity contribution in [1.82, 2.24) is 10.6 Å². The van der Waals surface area contributed by atoms with Gasteiger partial charge in [-0.3, -0.25) is 4.99 Å². The Balaban J connectivity index is 0.00000192. The number of nitrogens with zero attached hydrogens (tertiary/aromatic N) is 1. The van der Waals surface area contributed by atoms with E-state index in [1.165, 1.54) is 32.1 Å². The van der Waals surface area contributed by atoms with Gasteiger partial charge in [0.05, 0.1) is 6.10 Å². The zero-order valence-electron chi connectivity index (χ0n) is 14.5. The van der Waals surface area contributed by atoms with Crippen LogP contribution >= 0.6 is 24.0 Å². The molecule has 0 bridgehead atoms. The molecule has 0 aliphatic heterocycles. The standard InChI is InChI=1S/C18H31N3O.HI/c1-3-22-16-13-15(18(16)11-7-4-8-12-18)21-17(19-2)20-14-9-5-6-10-14;/h5-6,14-16H,3-4,7-13H2,1-2H3,(H2,19,20,21);1H. The Bertz CT molecular complexity index is 424. The van der Waals surface area contributed by atoms with Crippen LogP contribution in [0.3, 0.4) is 0 Å². The van der Waals surface area contributed by atoms with Crippen molar-refractivity contribution < 1.29 is 4.74 Å².